The van der Waals surface area contributed by atoms with Crippen molar-refractivity contribution in [1.82, 2.24) is 9.88 Å². The van der Waals surface area contributed by atoms with Gasteiger partial charge in [-0.3, -0.25) is 19.7 Å². The standard InChI is InChI=1S/C34H36N6O6/c1-3-45-29-15-11-24(21-30(29)46-4-2)32-27-7-5-6-8-28(27)34(42)39(36-32)25-12-9-23(10-13-25)33(41)38-19-17-37(18-20-38)31-16-14-26(22-35-31)40(43)44/h5-6,9-16,21-22,27-28H,3-4,7-8,17-20H2,1-2H3/t27-,28+/m0/s1. The molecule has 12 nitrogen and oxygen atoms in total. The van der Waals surface area contributed by atoms with Gasteiger partial charge < -0.3 is 19.3 Å². The van der Waals surface area contributed by atoms with Gasteiger partial charge in [0.05, 0.1) is 35.5 Å². The van der Waals surface area contributed by atoms with E-state index in [1.54, 1.807) is 35.2 Å². The summed E-state index contributed by atoms with van der Waals surface area (Å²) in [6.45, 7) is 6.96. The molecule has 0 radical (unpaired) electrons. The second kappa shape index (κ2) is 13.4. The molecule has 12 heteroatoms. The molecule has 0 saturated carbocycles. The summed E-state index contributed by atoms with van der Waals surface area (Å²) in [4.78, 5) is 45.6. The monoisotopic (exact) mass is 624 g/mol. The lowest BCUT2D eigenvalue weighted by Crippen LogP contribution is -2.49. The van der Waals surface area contributed by atoms with Crippen LogP contribution in [0, 0.1) is 22.0 Å². The fourth-order valence-corrected chi connectivity index (χ4v) is 6.18. The van der Waals surface area contributed by atoms with E-state index in [4.69, 9.17) is 14.6 Å². The van der Waals surface area contributed by atoms with Crippen LogP contribution in [0.15, 0.2) is 78.0 Å². The van der Waals surface area contributed by atoms with E-state index in [9.17, 15) is 19.7 Å². The number of pyridine rings is 1. The predicted molar refractivity (Wildman–Crippen MR) is 174 cm³/mol. The quantitative estimate of drug-likeness (QED) is 0.183. The second-order valence-corrected chi connectivity index (χ2v) is 11.3. The number of piperazine rings is 1. The molecular formula is C34H36N6O6. The summed E-state index contributed by atoms with van der Waals surface area (Å²) in [5, 5.41) is 17.3. The van der Waals surface area contributed by atoms with Crippen molar-refractivity contribution in [2.45, 2.75) is 26.7 Å². The number of benzene rings is 2. The number of hydrogen-bond acceptors (Lipinski definition) is 9. The molecule has 3 heterocycles. The molecule has 1 aliphatic carbocycles. The first kappa shape index (κ1) is 30.8. The third-order valence-corrected chi connectivity index (χ3v) is 8.55. The van der Waals surface area contributed by atoms with Crippen molar-refractivity contribution in [2.24, 2.45) is 16.9 Å². The maximum atomic E-state index is 13.7. The highest BCUT2D eigenvalue weighted by Crippen LogP contribution is 2.38. The predicted octanol–water partition coefficient (Wildman–Crippen LogP) is 5.08. The van der Waals surface area contributed by atoms with Crippen LogP contribution in [0.25, 0.3) is 0 Å². The first-order chi connectivity index (χ1) is 22.4. The number of nitro groups is 1. The van der Waals surface area contributed by atoms with Gasteiger partial charge in [0.2, 0.25) is 0 Å². The van der Waals surface area contributed by atoms with E-state index in [-0.39, 0.29) is 29.3 Å². The van der Waals surface area contributed by atoms with Gasteiger partial charge in [-0.25, -0.2) is 9.99 Å². The molecule has 46 heavy (non-hydrogen) atoms. The van der Waals surface area contributed by atoms with Gasteiger partial charge in [-0.05, 0) is 75.2 Å². The average molecular weight is 625 g/mol. The van der Waals surface area contributed by atoms with E-state index < -0.39 is 4.92 Å². The molecule has 2 amide bonds. The van der Waals surface area contributed by atoms with Crippen LogP contribution in [-0.2, 0) is 4.79 Å². The molecule has 0 N–H and O–H groups in total. The van der Waals surface area contributed by atoms with Gasteiger partial charge >= 0.3 is 0 Å². The van der Waals surface area contributed by atoms with Crippen LogP contribution in [0.4, 0.5) is 17.2 Å². The number of fused-ring (bicyclic) bond motifs is 1. The lowest BCUT2D eigenvalue weighted by atomic mass is 9.76. The first-order valence-electron chi connectivity index (χ1n) is 15.6. The van der Waals surface area contributed by atoms with Crippen LogP contribution < -0.4 is 19.4 Å². The van der Waals surface area contributed by atoms with Crippen LogP contribution in [0.2, 0.25) is 0 Å². The minimum atomic E-state index is -0.477. The summed E-state index contributed by atoms with van der Waals surface area (Å²) in [5.41, 5.74) is 2.75. The van der Waals surface area contributed by atoms with E-state index >= 15 is 0 Å². The fourth-order valence-electron chi connectivity index (χ4n) is 6.18. The molecule has 6 rings (SSSR count). The van der Waals surface area contributed by atoms with Crippen LogP contribution in [-0.4, -0.2) is 71.7 Å². The summed E-state index contributed by atoms with van der Waals surface area (Å²) in [7, 11) is 0. The summed E-state index contributed by atoms with van der Waals surface area (Å²) < 4.78 is 11.6. The number of nitrogens with zero attached hydrogens (tertiary/aromatic N) is 6. The van der Waals surface area contributed by atoms with Crippen molar-refractivity contribution in [3.63, 3.8) is 0 Å². The largest absolute Gasteiger partial charge is 0.490 e. The fraction of sp³-hybridized carbons (Fsp3) is 0.353. The van der Waals surface area contributed by atoms with E-state index in [0.29, 0.717) is 74.4 Å². The number of carbonyl (C=O) groups is 2. The molecule has 1 saturated heterocycles. The Morgan fingerprint density at radius 2 is 1.61 bits per heavy atom. The van der Waals surface area contributed by atoms with Crippen molar-refractivity contribution in [3.8, 4) is 11.5 Å². The van der Waals surface area contributed by atoms with Crippen LogP contribution in [0.5, 0.6) is 11.5 Å². The molecule has 1 fully saturated rings. The Hall–Kier alpha value is -5.26. The highest BCUT2D eigenvalue weighted by molar-refractivity contribution is 6.11. The molecule has 238 valence electrons. The number of hydrogen-bond donors (Lipinski definition) is 0. The summed E-state index contributed by atoms with van der Waals surface area (Å²) in [6.07, 6.45) is 6.77. The Bertz CT molecular complexity index is 1660. The van der Waals surface area contributed by atoms with E-state index in [1.165, 1.54) is 17.3 Å². The van der Waals surface area contributed by atoms with Gasteiger partial charge in [0.1, 0.15) is 12.0 Å². The van der Waals surface area contributed by atoms with Crippen molar-refractivity contribution < 1.29 is 24.0 Å². The topological polar surface area (TPSA) is 131 Å². The van der Waals surface area contributed by atoms with Gasteiger partial charge in [-0.1, -0.05) is 12.2 Å². The minimum Gasteiger partial charge on any atom is -0.490 e. The molecule has 0 bridgehead atoms. The average Bonchev–Trinajstić information content (AvgIpc) is 3.09. The van der Waals surface area contributed by atoms with Crippen molar-refractivity contribution in [2.75, 3.05) is 49.3 Å². The van der Waals surface area contributed by atoms with Crippen molar-refractivity contribution in [1.29, 1.82) is 0 Å². The molecule has 0 unspecified atom stereocenters. The maximum absolute atomic E-state index is 13.7. The number of anilines is 2. The highest BCUT2D eigenvalue weighted by Gasteiger charge is 2.41. The van der Waals surface area contributed by atoms with Gasteiger partial charge in [0.25, 0.3) is 17.5 Å². The second-order valence-electron chi connectivity index (χ2n) is 11.3. The molecule has 2 aliphatic heterocycles. The Morgan fingerprint density at radius 1 is 0.913 bits per heavy atom. The van der Waals surface area contributed by atoms with Crippen LogP contribution >= 0.6 is 0 Å². The molecule has 3 aromatic rings. The highest BCUT2D eigenvalue weighted by atomic mass is 16.6. The maximum Gasteiger partial charge on any atom is 0.287 e. The van der Waals surface area contributed by atoms with Gasteiger partial charge in [0.15, 0.2) is 11.5 Å². The normalized spacial score (nSPS) is 19.4. The van der Waals surface area contributed by atoms with Crippen LogP contribution in [0.1, 0.15) is 42.6 Å². The van der Waals surface area contributed by atoms with E-state index in [1.807, 2.05) is 36.9 Å². The zero-order valence-electron chi connectivity index (χ0n) is 25.9. The molecular weight excluding hydrogens is 588 g/mol. The number of amides is 2. The lowest BCUT2D eigenvalue weighted by molar-refractivity contribution is -0.385. The lowest BCUT2D eigenvalue weighted by Gasteiger charge is -2.37. The van der Waals surface area contributed by atoms with E-state index in [0.717, 1.165) is 17.7 Å². The number of allylic oxidation sites excluding steroid dienone is 2. The van der Waals surface area contributed by atoms with Crippen molar-refractivity contribution in [3.05, 3.63) is 94.2 Å². The van der Waals surface area contributed by atoms with Crippen molar-refractivity contribution >= 4 is 34.7 Å². The van der Waals surface area contributed by atoms with Gasteiger partial charge in [-0.2, -0.15) is 5.10 Å². The smallest absolute Gasteiger partial charge is 0.287 e. The number of aromatic nitrogens is 1. The molecule has 3 aliphatic rings. The van der Waals surface area contributed by atoms with Gasteiger partial charge in [0, 0.05) is 49.3 Å². The summed E-state index contributed by atoms with van der Waals surface area (Å²) >= 11 is 0. The number of hydrazone groups is 1. The Labute approximate surface area is 267 Å². The SMILES string of the molecule is CCOc1ccc(C2=NN(c3ccc(C(=O)N4CCN(c5ccc([N+](=O)[O-])cn5)CC4)cc3)C(=O)[C@@H]3CC=CC[C@H]23)cc1OCC. The Kier molecular flexibility index (Phi) is 8.95. The van der Waals surface area contributed by atoms with Crippen LogP contribution in [0.3, 0.4) is 0 Å². The zero-order valence-corrected chi connectivity index (χ0v) is 25.9. The molecule has 1 aromatic heterocycles. The molecule has 0 spiro atoms. The molecule has 2 aromatic carbocycles. The number of rotatable bonds is 9. The Balaban J connectivity index is 1.19. The minimum absolute atomic E-state index is 0.0538. The molecule has 2 atom stereocenters. The zero-order chi connectivity index (χ0) is 32.2. The third kappa shape index (κ3) is 6.15. The number of carbonyl (C=O) groups excluding carboxylic acids is 2. The van der Waals surface area contributed by atoms with E-state index in [2.05, 4.69) is 17.1 Å². The summed E-state index contributed by atoms with van der Waals surface area (Å²) in [5.74, 6) is 1.48. The number of ether oxygens (including phenoxy) is 2. The Morgan fingerprint density at radius 3 is 2.26 bits per heavy atom. The first-order valence-corrected chi connectivity index (χ1v) is 15.6. The van der Waals surface area contributed by atoms with Gasteiger partial charge in [-0.15, -0.1) is 0 Å². The third-order valence-electron chi connectivity index (χ3n) is 8.55. The summed E-state index contributed by atoms with van der Waals surface area (Å²) in [6, 6.07) is 15.9.